The topological polar surface area (TPSA) is 107 Å². The average Bonchev–Trinajstić information content (AvgIpc) is 2.93. The van der Waals surface area contributed by atoms with E-state index in [1.54, 1.807) is 13.0 Å². The fourth-order valence-electron chi connectivity index (χ4n) is 11.7. The van der Waals surface area contributed by atoms with Crippen molar-refractivity contribution >= 4 is 5.97 Å². The number of aliphatic hydroxyl groups excluding tert-OH is 4. The lowest BCUT2D eigenvalue weighted by atomic mass is 9.32. The van der Waals surface area contributed by atoms with E-state index >= 15 is 0 Å². The van der Waals surface area contributed by atoms with Gasteiger partial charge >= 0.3 is 5.97 Å². The zero-order valence-electron chi connectivity index (χ0n) is 27.7. The van der Waals surface area contributed by atoms with Gasteiger partial charge in [-0.15, -0.1) is 0 Å². The second-order valence-electron chi connectivity index (χ2n) is 16.7. The highest BCUT2D eigenvalue weighted by Gasteiger charge is 2.72. The number of ether oxygens (including phenoxy) is 1. The zero-order valence-corrected chi connectivity index (χ0v) is 27.7. The Bertz CT molecular complexity index is 1160. The number of esters is 1. The van der Waals surface area contributed by atoms with Crippen molar-refractivity contribution in [3.63, 3.8) is 0 Å². The molecule has 0 heterocycles. The number of rotatable bonds is 4. The van der Waals surface area contributed by atoms with Crippen LogP contribution in [0.3, 0.4) is 0 Å². The van der Waals surface area contributed by atoms with E-state index in [4.69, 9.17) is 4.74 Å². The Labute approximate surface area is 254 Å². The Kier molecular flexibility index (Phi) is 7.78. The lowest BCUT2D eigenvalue weighted by Crippen LogP contribution is -2.70. The largest absolute Gasteiger partial charge is 0.462 e. The first kappa shape index (κ1) is 32.2. The molecule has 5 rings (SSSR count). The van der Waals surface area contributed by atoms with Crippen LogP contribution in [-0.2, 0) is 9.53 Å². The highest BCUT2D eigenvalue weighted by atomic mass is 16.5. The van der Waals surface area contributed by atoms with Crippen LogP contribution in [0.1, 0.15) is 114 Å². The van der Waals surface area contributed by atoms with Crippen molar-refractivity contribution in [2.75, 3.05) is 6.61 Å². The summed E-state index contributed by atoms with van der Waals surface area (Å²) in [4.78, 5) is 12.6. The molecule has 0 radical (unpaired) electrons. The third kappa shape index (κ3) is 3.99. The molecule has 42 heavy (non-hydrogen) atoms. The molecule has 3 unspecified atom stereocenters. The van der Waals surface area contributed by atoms with Crippen LogP contribution in [0, 0.1) is 50.2 Å². The number of hydrogen-bond acceptors (Lipinski definition) is 6. The molecular formula is C36H58O6. The summed E-state index contributed by atoms with van der Waals surface area (Å²) in [7, 11) is 0. The van der Waals surface area contributed by atoms with E-state index in [2.05, 4.69) is 54.5 Å². The van der Waals surface area contributed by atoms with E-state index in [0.717, 1.165) is 32.1 Å². The van der Waals surface area contributed by atoms with Gasteiger partial charge in [-0.3, -0.25) is 0 Å². The highest BCUT2D eigenvalue weighted by Crippen LogP contribution is 2.76. The summed E-state index contributed by atoms with van der Waals surface area (Å²) >= 11 is 0. The number of aliphatic hydroxyl groups is 4. The summed E-state index contributed by atoms with van der Waals surface area (Å²) < 4.78 is 5.85. The monoisotopic (exact) mass is 586 g/mol. The van der Waals surface area contributed by atoms with Crippen LogP contribution < -0.4 is 0 Å². The predicted molar refractivity (Wildman–Crippen MR) is 164 cm³/mol. The summed E-state index contributed by atoms with van der Waals surface area (Å²) in [6, 6.07) is 0. The normalized spacial score (nSPS) is 51.8. The van der Waals surface area contributed by atoms with Gasteiger partial charge in [0.15, 0.2) is 0 Å². The maximum Gasteiger partial charge on any atom is 0.333 e. The van der Waals surface area contributed by atoms with Crippen LogP contribution in [0.5, 0.6) is 0 Å². The minimum absolute atomic E-state index is 0.0145. The smallest absolute Gasteiger partial charge is 0.333 e. The molecule has 5 aliphatic carbocycles. The second-order valence-corrected chi connectivity index (χ2v) is 16.7. The molecule has 0 amide bonds. The van der Waals surface area contributed by atoms with Gasteiger partial charge in [0.1, 0.15) is 0 Å². The molecule has 4 fully saturated rings. The van der Waals surface area contributed by atoms with Gasteiger partial charge in [-0.25, -0.2) is 4.79 Å². The fourth-order valence-corrected chi connectivity index (χ4v) is 11.7. The molecule has 0 saturated heterocycles. The number of carbonyl (C=O) groups excluding carboxylic acids is 1. The summed E-state index contributed by atoms with van der Waals surface area (Å²) in [5, 5.41) is 46.2. The van der Waals surface area contributed by atoms with E-state index < -0.39 is 40.7 Å². The van der Waals surface area contributed by atoms with Gasteiger partial charge in [-0.2, -0.15) is 0 Å². The summed E-state index contributed by atoms with van der Waals surface area (Å²) in [6.45, 7) is 19.4. The maximum absolute atomic E-state index is 12.6. The summed E-state index contributed by atoms with van der Waals surface area (Å²) in [5.74, 6) is 0.263. The molecule has 238 valence electrons. The maximum atomic E-state index is 12.6. The Morgan fingerprint density at radius 1 is 0.952 bits per heavy atom. The molecule has 0 aromatic carbocycles. The Balaban J connectivity index is 1.55. The van der Waals surface area contributed by atoms with E-state index in [1.807, 2.05) is 6.92 Å². The van der Waals surface area contributed by atoms with Gasteiger partial charge in [-0.05, 0) is 105 Å². The molecule has 6 heteroatoms. The van der Waals surface area contributed by atoms with Crippen LogP contribution in [0.4, 0.5) is 0 Å². The van der Waals surface area contributed by atoms with Crippen molar-refractivity contribution in [2.24, 2.45) is 50.2 Å². The van der Waals surface area contributed by atoms with Crippen molar-refractivity contribution in [3.8, 4) is 0 Å². The Hall–Kier alpha value is -1.21. The quantitative estimate of drug-likeness (QED) is 0.184. The molecular weight excluding hydrogens is 528 g/mol. The lowest BCUT2D eigenvalue weighted by Gasteiger charge is -2.72. The van der Waals surface area contributed by atoms with E-state index in [-0.39, 0.29) is 40.7 Å². The lowest BCUT2D eigenvalue weighted by molar-refractivity contribution is -0.252. The van der Waals surface area contributed by atoms with Gasteiger partial charge < -0.3 is 25.2 Å². The van der Waals surface area contributed by atoms with Gasteiger partial charge in [0.2, 0.25) is 0 Å². The molecule has 0 aliphatic heterocycles. The first-order chi connectivity index (χ1) is 19.4. The van der Waals surface area contributed by atoms with Crippen molar-refractivity contribution in [1.29, 1.82) is 0 Å². The third-order valence-electron chi connectivity index (χ3n) is 14.8. The number of hydrogen-bond donors (Lipinski definition) is 4. The highest BCUT2D eigenvalue weighted by molar-refractivity contribution is 5.87. The molecule has 0 aromatic rings. The van der Waals surface area contributed by atoms with E-state index in [9.17, 15) is 25.2 Å². The predicted octanol–water partition coefficient (Wildman–Crippen LogP) is 5.96. The molecule has 0 bridgehead atoms. The van der Waals surface area contributed by atoms with Crippen molar-refractivity contribution in [1.82, 2.24) is 0 Å². The zero-order chi connectivity index (χ0) is 31.3. The second kappa shape index (κ2) is 10.2. The van der Waals surface area contributed by atoms with Crippen LogP contribution in [0.25, 0.3) is 0 Å². The number of allylic oxidation sites excluding steroid dienone is 3. The van der Waals surface area contributed by atoms with Gasteiger partial charge in [0, 0.05) is 16.4 Å². The molecule has 0 aromatic heterocycles. The van der Waals surface area contributed by atoms with Crippen LogP contribution in [-0.4, -0.2) is 57.4 Å². The SMILES string of the molecule is C/C=C(\C)C(=O)OC[C@]1(C)C2CC[C@]3(C)C(CC=C4C5CC(C)(C)[C@@H](O)[C@H](O)[C@]5(CC)[C@H](O)C[C@]43C)[C@@]2(C)CC[C@@H]1O. The van der Waals surface area contributed by atoms with Crippen molar-refractivity contribution < 1.29 is 30.0 Å². The van der Waals surface area contributed by atoms with Gasteiger partial charge in [0.05, 0.1) is 31.0 Å². The van der Waals surface area contributed by atoms with Crippen molar-refractivity contribution in [3.05, 3.63) is 23.3 Å². The van der Waals surface area contributed by atoms with Crippen LogP contribution in [0.15, 0.2) is 23.3 Å². The minimum atomic E-state index is -0.968. The first-order valence-corrected chi connectivity index (χ1v) is 16.6. The van der Waals surface area contributed by atoms with Crippen molar-refractivity contribution in [2.45, 2.75) is 138 Å². The Morgan fingerprint density at radius 3 is 2.24 bits per heavy atom. The van der Waals surface area contributed by atoms with Crippen LogP contribution in [0.2, 0.25) is 0 Å². The molecule has 5 aliphatic rings. The van der Waals surface area contributed by atoms with E-state index in [0.29, 0.717) is 30.8 Å². The van der Waals surface area contributed by atoms with Crippen LogP contribution >= 0.6 is 0 Å². The number of carbonyl (C=O) groups is 1. The standard InChI is InChI=1S/C36H58O6/c1-10-21(3)30(41)42-20-33(7)24-14-17-34(8)25(32(24,6)16-15-26(33)37)13-12-22-23-18-31(4,5)28(39)29(40)36(23,11-2)27(38)19-35(22,34)9/h10,12,23-29,37-40H,11,13-20H2,1-9H3/b21-10+/t23?,24?,25?,26-,27+,28-,29-,32-,33+,34+,35+,36-/m0/s1. The third-order valence-corrected chi connectivity index (χ3v) is 14.8. The molecule has 12 atom stereocenters. The van der Waals surface area contributed by atoms with Gasteiger partial charge in [0.25, 0.3) is 0 Å². The average molecular weight is 587 g/mol. The molecule has 0 spiro atoms. The van der Waals surface area contributed by atoms with Gasteiger partial charge in [-0.1, -0.05) is 66.2 Å². The molecule has 6 nitrogen and oxygen atoms in total. The Morgan fingerprint density at radius 2 is 1.62 bits per heavy atom. The summed E-state index contributed by atoms with van der Waals surface area (Å²) in [6.07, 6.45) is 7.60. The summed E-state index contributed by atoms with van der Waals surface area (Å²) in [5.41, 5.74) is -0.116. The van der Waals surface area contributed by atoms with E-state index in [1.165, 1.54) is 5.57 Å². The first-order valence-electron chi connectivity index (χ1n) is 16.6. The fraction of sp³-hybridized carbons (Fsp3) is 0.861. The number of fused-ring (bicyclic) bond motifs is 7. The molecule has 4 saturated carbocycles. The molecule has 4 N–H and O–H groups in total. The minimum Gasteiger partial charge on any atom is -0.462 e.